The van der Waals surface area contributed by atoms with Crippen LogP contribution >= 0.6 is 11.8 Å². The molecular weight excluding hydrogens is 220 g/mol. The molecule has 2 atom stereocenters. The summed E-state index contributed by atoms with van der Waals surface area (Å²) in [6.07, 6.45) is 3.13. The molecule has 0 amide bonds. The summed E-state index contributed by atoms with van der Waals surface area (Å²) in [6, 6.07) is 2.16. The van der Waals surface area contributed by atoms with E-state index in [4.69, 9.17) is 0 Å². The summed E-state index contributed by atoms with van der Waals surface area (Å²) < 4.78 is 0. The van der Waals surface area contributed by atoms with Gasteiger partial charge < -0.3 is 5.11 Å². The van der Waals surface area contributed by atoms with Crippen LogP contribution in [0.25, 0.3) is 0 Å². The van der Waals surface area contributed by atoms with Crippen molar-refractivity contribution in [2.24, 2.45) is 0 Å². The van der Waals surface area contributed by atoms with Gasteiger partial charge in [0.15, 0.2) is 0 Å². The zero-order valence-corrected chi connectivity index (χ0v) is 10.6. The third-order valence-corrected chi connectivity index (χ3v) is 4.25. The van der Waals surface area contributed by atoms with Gasteiger partial charge in [0.2, 0.25) is 0 Å². The van der Waals surface area contributed by atoms with Crippen molar-refractivity contribution < 1.29 is 5.11 Å². The van der Waals surface area contributed by atoms with E-state index in [0.29, 0.717) is 0 Å². The van der Waals surface area contributed by atoms with Crippen molar-refractivity contribution in [1.82, 2.24) is 9.88 Å². The summed E-state index contributed by atoms with van der Waals surface area (Å²) >= 11 is 1.91. The second-order valence-electron chi connectivity index (χ2n) is 4.30. The molecule has 0 spiro atoms. The maximum absolute atomic E-state index is 10.4. The maximum Gasteiger partial charge on any atom is 0.0970 e. The molecule has 16 heavy (non-hydrogen) atoms. The Kier molecular flexibility index (Phi) is 3.84. The zero-order chi connectivity index (χ0) is 11.5. The molecule has 0 bridgehead atoms. The molecule has 2 unspecified atom stereocenters. The second-order valence-corrected chi connectivity index (χ2v) is 5.45. The highest BCUT2D eigenvalue weighted by molar-refractivity contribution is 7.99. The monoisotopic (exact) mass is 238 g/mol. The lowest BCUT2D eigenvalue weighted by Gasteiger charge is -2.35. The molecule has 1 aliphatic rings. The molecule has 1 fully saturated rings. The smallest absolute Gasteiger partial charge is 0.0970 e. The number of hydrogen-bond acceptors (Lipinski definition) is 4. The van der Waals surface area contributed by atoms with Crippen molar-refractivity contribution in [3.63, 3.8) is 0 Å². The van der Waals surface area contributed by atoms with Crippen LogP contribution in [-0.4, -0.2) is 46.1 Å². The Morgan fingerprint density at radius 2 is 2.44 bits per heavy atom. The van der Waals surface area contributed by atoms with Crippen LogP contribution < -0.4 is 0 Å². The predicted octanol–water partition coefficient (Wildman–Crippen LogP) is 1.47. The summed E-state index contributed by atoms with van der Waals surface area (Å²) in [5.74, 6) is 2.15. The zero-order valence-electron chi connectivity index (χ0n) is 9.76. The van der Waals surface area contributed by atoms with E-state index in [0.717, 1.165) is 29.2 Å². The Labute approximate surface area is 101 Å². The molecule has 0 radical (unpaired) electrons. The fraction of sp³-hybridized carbons (Fsp3) is 0.583. The quantitative estimate of drug-likeness (QED) is 0.846. The number of aliphatic hydroxyl groups is 1. The van der Waals surface area contributed by atoms with Gasteiger partial charge in [0.25, 0.3) is 0 Å². The highest BCUT2D eigenvalue weighted by Gasteiger charge is 2.28. The first-order valence-electron chi connectivity index (χ1n) is 5.56. The van der Waals surface area contributed by atoms with E-state index in [-0.39, 0.29) is 6.04 Å². The van der Waals surface area contributed by atoms with Crippen molar-refractivity contribution in [2.75, 3.05) is 25.1 Å². The molecule has 1 aromatic heterocycles. The first-order valence-corrected chi connectivity index (χ1v) is 6.72. The van der Waals surface area contributed by atoms with Crippen LogP contribution in [0.2, 0.25) is 0 Å². The Balaban J connectivity index is 2.17. The fourth-order valence-electron chi connectivity index (χ4n) is 2.03. The Bertz CT molecular complexity index is 359. The van der Waals surface area contributed by atoms with E-state index in [9.17, 15) is 5.11 Å². The highest BCUT2D eigenvalue weighted by Crippen LogP contribution is 2.27. The van der Waals surface area contributed by atoms with Gasteiger partial charge in [-0.3, -0.25) is 9.88 Å². The van der Waals surface area contributed by atoms with Gasteiger partial charge in [-0.2, -0.15) is 11.8 Å². The normalized spacial score (nSPS) is 24.3. The number of thioether (sulfide) groups is 1. The van der Waals surface area contributed by atoms with Crippen LogP contribution in [0.3, 0.4) is 0 Å². The maximum atomic E-state index is 10.4. The number of nitrogens with zero attached hydrogens (tertiary/aromatic N) is 2. The summed E-state index contributed by atoms with van der Waals surface area (Å²) in [5, 5.41) is 10.4. The third kappa shape index (κ3) is 2.39. The first kappa shape index (κ1) is 11.9. The van der Waals surface area contributed by atoms with Gasteiger partial charge in [0, 0.05) is 42.0 Å². The minimum Gasteiger partial charge on any atom is -0.387 e. The van der Waals surface area contributed by atoms with E-state index < -0.39 is 6.10 Å². The lowest BCUT2D eigenvalue weighted by atomic mass is 10.00. The summed E-state index contributed by atoms with van der Waals surface area (Å²) in [5.41, 5.74) is 2.08. The number of hydrogen-bond donors (Lipinski definition) is 1. The molecule has 0 aromatic carbocycles. The molecule has 1 aromatic rings. The van der Waals surface area contributed by atoms with Crippen LogP contribution in [0.1, 0.15) is 17.2 Å². The third-order valence-electron chi connectivity index (χ3n) is 3.21. The molecule has 1 saturated heterocycles. The van der Waals surface area contributed by atoms with Gasteiger partial charge in [-0.25, -0.2) is 0 Å². The highest BCUT2D eigenvalue weighted by atomic mass is 32.2. The number of rotatable bonds is 2. The topological polar surface area (TPSA) is 36.4 Å². The lowest BCUT2D eigenvalue weighted by Crippen LogP contribution is -2.43. The number of aryl methyl sites for hydroxylation is 1. The molecule has 1 aliphatic heterocycles. The second kappa shape index (κ2) is 5.17. The number of pyridine rings is 1. The van der Waals surface area contributed by atoms with Gasteiger partial charge in [-0.15, -0.1) is 0 Å². The summed E-state index contributed by atoms with van der Waals surface area (Å²) in [6.45, 7) is 3.07. The van der Waals surface area contributed by atoms with Gasteiger partial charge >= 0.3 is 0 Å². The first-order chi connectivity index (χ1) is 7.70. The van der Waals surface area contributed by atoms with E-state index in [1.54, 1.807) is 12.4 Å². The number of aliphatic hydroxyl groups excluding tert-OH is 1. The summed E-state index contributed by atoms with van der Waals surface area (Å²) in [4.78, 5) is 6.34. The number of aromatic nitrogens is 1. The lowest BCUT2D eigenvalue weighted by molar-refractivity contribution is 0.0751. The van der Waals surface area contributed by atoms with Gasteiger partial charge in [-0.1, -0.05) is 0 Å². The van der Waals surface area contributed by atoms with Crippen molar-refractivity contribution >= 4 is 11.8 Å². The Morgan fingerprint density at radius 3 is 3.12 bits per heavy atom. The van der Waals surface area contributed by atoms with E-state index in [2.05, 4.69) is 16.9 Å². The van der Waals surface area contributed by atoms with Crippen LogP contribution in [0.15, 0.2) is 18.5 Å². The number of likely N-dealkylation sites (N-methyl/N-ethyl adjacent to an activating group) is 1. The minimum atomic E-state index is -0.425. The van der Waals surface area contributed by atoms with Gasteiger partial charge in [-0.05, 0) is 25.6 Å². The largest absolute Gasteiger partial charge is 0.387 e. The van der Waals surface area contributed by atoms with Crippen molar-refractivity contribution in [2.45, 2.75) is 19.1 Å². The molecule has 3 nitrogen and oxygen atoms in total. The molecule has 2 heterocycles. The van der Waals surface area contributed by atoms with Crippen molar-refractivity contribution in [1.29, 1.82) is 0 Å². The predicted molar refractivity (Wildman–Crippen MR) is 67.7 cm³/mol. The van der Waals surface area contributed by atoms with E-state index in [1.165, 1.54) is 0 Å². The van der Waals surface area contributed by atoms with E-state index >= 15 is 0 Å². The fourth-order valence-corrected chi connectivity index (χ4v) is 3.29. The molecule has 4 heteroatoms. The SMILES string of the molecule is Cc1ccncc1C(O)C1CSCCN1C. The van der Waals surface area contributed by atoms with Crippen LogP contribution in [0.4, 0.5) is 0 Å². The van der Waals surface area contributed by atoms with Crippen molar-refractivity contribution in [3.8, 4) is 0 Å². The molecule has 88 valence electrons. The van der Waals surface area contributed by atoms with Gasteiger partial charge in [0.1, 0.15) is 0 Å². The molecular formula is C12H18N2OS. The van der Waals surface area contributed by atoms with E-state index in [1.807, 2.05) is 24.8 Å². The van der Waals surface area contributed by atoms with Crippen LogP contribution in [-0.2, 0) is 0 Å². The molecule has 0 aliphatic carbocycles. The molecule has 2 rings (SSSR count). The standard InChI is InChI=1S/C12H18N2OS/c1-9-3-4-13-7-10(9)12(15)11-8-16-6-5-14(11)2/h3-4,7,11-12,15H,5-6,8H2,1-2H3. The Hall–Kier alpha value is -0.580. The minimum absolute atomic E-state index is 0.210. The van der Waals surface area contributed by atoms with Gasteiger partial charge in [0.05, 0.1) is 6.10 Å². The average molecular weight is 238 g/mol. The summed E-state index contributed by atoms with van der Waals surface area (Å²) in [7, 11) is 2.08. The Morgan fingerprint density at radius 1 is 1.62 bits per heavy atom. The van der Waals surface area contributed by atoms with Crippen LogP contribution in [0.5, 0.6) is 0 Å². The molecule has 0 saturated carbocycles. The average Bonchev–Trinajstić information content (AvgIpc) is 2.29. The van der Waals surface area contributed by atoms with Crippen LogP contribution in [0, 0.1) is 6.92 Å². The van der Waals surface area contributed by atoms with Crippen molar-refractivity contribution in [3.05, 3.63) is 29.6 Å². The molecule has 1 N–H and O–H groups in total.